The third-order valence-electron chi connectivity index (χ3n) is 6.01. The Labute approximate surface area is 183 Å². The molecule has 3 aliphatic rings. The average Bonchev–Trinajstić information content (AvgIpc) is 2.76. The summed E-state index contributed by atoms with van der Waals surface area (Å²) in [7, 11) is 0. The van der Waals surface area contributed by atoms with Crippen LogP contribution in [0.1, 0.15) is 34.3 Å². The van der Waals surface area contributed by atoms with Gasteiger partial charge >= 0.3 is 0 Å². The fourth-order valence-electron chi connectivity index (χ4n) is 4.45. The number of aromatic hydroxyl groups is 4. The molecule has 8 heteroatoms. The Kier molecular flexibility index (Phi) is 4.44. The van der Waals surface area contributed by atoms with Gasteiger partial charge in [0, 0.05) is 13.1 Å². The Bertz CT molecular complexity index is 1130. The maximum absolute atomic E-state index is 13.5. The lowest BCUT2D eigenvalue weighted by molar-refractivity contribution is -0.167. The van der Waals surface area contributed by atoms with Crippen LogP contribution in [0.5, 0.6) is 23.0 Å². The molecule has 8 nitrogen and oxygen atoms in total. The zero-order valence-corrected chi connectivity index (χ0v) is 16.8. The number of rotatable bonds is 4. The van der Waals surface area contributed by atoms with Crippen LogP contribution in [0.2, 0.25) is 0 Å². The van der Waals surface area contributed by atoms with Gasteiger partial charge in [0.05, 0.1) is 0 Å². The molecule has 0 radical (unpaired) electrons. The summed E-state index contributed by atoms with van der Waals surface area (Å²) in [5.74, 6) is -1.10. The summed E-state index contributed by atoms with van der Waals surface area (Å²) in [6, 6.07) is 13.5. The van der Waals surface area contributed by atoms with Crippen molar-refractivity contribution in [2.45, 2.75) is 25.2 Å². The Morgan fingerprint density at radius 1 is 0.594 bits per heavy atom. The first-order valence-corrected chi connectivity index (χ1v) is 10.1. The third kappa shape index (κ3) is 3.08. The first-order valence-electron chi connectivity index (χ1n) is 10.1. The molecule has 2 unspecified atom stereocenters. The Morgan fingerprint density at radius 3 is 1.28 bits per heavy atom. The largest absolute Gasteiger partial charge is 0.508 e. The number of nitrogens with zero attached hydrogens (tertiary/aromatic N) is 2. The van der Waals surface area contributed by atoms with Crippen molar-refractivity contribution in [3.63, 3.8) is 0 Å². The van der Waals surface area contributed by atoms with E-state index in [1.165, 1.54) is 46.2 Å². The lowest BCUT2D eigenvalue weighted by Gasteiger charge is -2.50. The molecular formula is C24H20N2O6. The number of amides is 2. The molecule has 3 aliphatic heterocycles. The van der Waals surface area contributed by atoms with Crippen LogP contribution in [0.4, 0.5) is 0 Å². The Hall–Kier alpha value is -4.20. The number of hydrogen-bond donors (Lipinski definition) is 4. The summed E-state index contributed by atoms with van der Waals surface area (Å²) in [6.45, 7) is 0.306. The molecular weight excluding hydrogens is 412 g/mol. The summed E-state index contributed by atoms with van der Waals surface area (Å²) in [5, 5.41) is 39.2. The van der Waals surface area contributed by atoms with E-state index in [4.69, 9.17) is 0 Å². The quantitative estimate of drug-likeness (QED) is 0.471. The van der Waals surface area contributed by atoms with E-state index in [2.05, 4.69) is 0 Å². The molecule has 2 bridgehead atoms. The smallest absolute Gasteiger partial charge is 0.251 e. The standard InChI is InChI=1S/C24H20N2O6/c27-15-5-1-13(2-6-15)11-25-21-17-9-19(29)20(30)10-18(17)22(23(25)31)26(24(21)32)12-14-3-7-16(28)8-4-14/h1-10,21-22,27-30H,11-12H2. The Morgan fingerprint density at radius 2 is 0.938 bits per heavy atom. The highest BCUT2D eigenvalue weighted by Crippen LogP contribution is 2.49. The van der Waals surface area contributed by atoms with Crippen molar-refractivity contribution in [1.82, 2.24) is 9.80 Å². The number of carbonyl (C=O) groups is 2. The molecule has 3 aromatic carbocycles. The van der Waals surface area contributed by atoms with Crippen LogP contribution in [0.3, 0.4) is 0 Å². The van der Waals surface area contributed by atoms with E-state index >= 15 is 0 Å². The predicted octanol–water partition coefficient (Wildman–Crippen LogP) is 2.68. The molecule has 3 aromatic rings. The molecule has 4 N–H and O–H groups in total. The third-order valence-corrected chi connectivity index (χ3v) is 6.01. The van der Waals surface area contributed by atoms with E-state index in [1.54, 1.807) is 24.3 Å². The normalized spacial score (nSPS) is 19.4. The Balaban J connectivity index is 1.57. The van der Waals surface area contributed by atoms with Crippen molar-refractivity contribution in [1.29, 1.82) is 0 Å². The van der Waals surface area contributed by atoms with Crippen molar-refractivity contribution in [3.8, 4) is 23.0 Å². The number of benzene rings is 3. The summed E-state index contributed by atoms with van der Waals surface area (Å²) in [6.07, 6.45) is 0. The lowest BCUT2D eigenvalue weighted by atomic mass is 9.81. The summed E-state index contributed by atoms with van der Waals surface area (Å²) < 4.78 is 0. The highest BCUT2D eigenvalue weighted by Gasteiger charge is 2.53. The number of carbonyl (C=O) groups excluding carboxylic acids is 2. The van der Waals surface area contributed by atoms with Crippen LogP contribution in [0, 0.1) is 0 Å². The molecule has 32 heavy (non-hydrogen) atoms. The number of fused-ring (bicyclic) bond motifs is 2. The predicted molar refractivity (Wildman–Crippen MR) is 113 cm³/mol. The molecule has 1 saturated heterocycles. The van der Waals surface area contributed by atoms with E-state index in [1.807, 2.05) is 0 Å². The van der Waals surface area contributed by atoms with Crippen molar-refractivity contribution in [3.05, 3.63) is 82.9 Å². The topological polar surface area (TPSA) is 122 Å². The van der Waals surface area contributed by atoms with Gasteiger partial charge in [-0.25, -0.2) is 0 Å². The maximum atomic E-state index is 13.5. The molecule has 0 aromatic heterocycles. The maximum Gasteiger partial charge on any atom is 0.251 e. The first-order chi connectivity index (χ1) is 15.3. The molecule has 1 fully saturated rings. The van der Waals surface area contributed by atoms with Gasteiger partial charge in [0.15, 0.2) is 11.5 Å². The minimum Gasteiger partial charge on any atom is -0.508 e. The molecule has 6 rings (SSSR count). The van der Waals surface area contributed by atoms with Crippen LogP contribution in [0.15, 0.2) is 60.7 Å². The molecule has 0 spiro atoms. The molecule has 0 aliphatic carbocycles. The van der Waals surface area contributed by atoms with Gasteiger partial charge in [0.2, 0.25) is 0 Å². The second-order valence-electron chi connectivity index (χ2n) is 8.04. The monoisotopic (exact) mass is 432 g/mol. The van der Waals surface area contributed by atoms with Crippen LogP contribution < -0.4 is 0 Å². The van der Waals surface area contributed by atoms with Gasteiger partial charge in [-0.1, -0.05) is 24.3 Å². The number of phenols is 4. The highest BCUT2D eigenvalue weighted by molar-refractivity contribution is 6.01. The summed E-state index contributed by atoms with van der Waals surface area (Å²) >= 11 is 0. The highest BCUT2D eigenvalue weighted by atomic mass is 16.3. The fraction of sp³-hybridized carbons (Fsp3) is 0.167. The van der Waals surface area contributed by atoms with E-state index in [0.29, 0.717) is 11.1 Å². The van der Waals surface area contributed by atoms with Crippen LogP contribution >= 0.6 is 0 Å². The first kappa shape index (κ1) is 19.7. The summed E-state index contributed by atoms with van der Waals surface area (Å²) in [4.78, 5) is 30.0. The van der Waals surface area contributed by atoms with Crippen LogP contribution in [0.25, 0.3) is 0 Å². The fourth-order valence-corrected chi connectivity index (χ4v) is 4.45. The van der Waals surface area contributed by atoms with Gasteiger partial charge in [-0.2, -0.15) is 0 Å². The van der Waals surface area contributed by atoms with Gasteiger partial charge in [-0.3, -0.25) is 9.59 Å². The zero-order chi connectivity index (χ0) is 22.6. The van der Waals surface area contributed by atoms with Crippen LogP contribution in [-0.2, 0) is 22.7 Å². The second kappa shape index (κ2) is 7.19. The van der Waals surface area contributed by atoms with Crippen LogP contribution in [-0.4, -0.2) is 42.0 Å². The number of phenolic OH excluding ortho intramolecular Hbond substituents is 4. The van der Waals surface area contributed by atoms with Crippen molar-refractivity contribution in [2.24, 2.45) is 0 Å². The van der Waals surface area contributed by atoms with Crippen molar-refractivity contribution < 1.29 is 30.0 Å². The molecule has 0 saturated carbocycles. The van der Waals surface area contributed by atoms with Crippen molar-refractivity contribution >= 4 is 11.8 Å². The SMILES string of the molecule is O=C1C2c3cc(O)c(O)cc3C(C(=O)N2Cc2ccc(O)cc2)N1Cc1ccc(O)cc1. The van der Waals surface area contributed by atoms with E-state index in [0.717, 1.165) is 11.1 Å². The molecule has 162 valence electrons. The second-order valence-corrected chi connectivity index (χ2v) is 8.04. The van der Waals surface area contributed by atoms with Crippen molar-refractivity contribution in [2.75, 3.05) is 0 Å². The molecule has 3 heterocycles. The minimum absolute atomic E-state index is 0.0992. The molecule has 2 atom stereocenters. The van der Waals surface area contributed by atoms with E-state index in [-0.39, 0.29) is 47.9 Å². The number of piperazine rings is 1. The van der Waals surface area contributed by atoms with Gasteiger partial charge < -0.3 is 30.2 Å². The summed E-state index contributed by atoms with van der Waals surface area (Å²) in [5.41, 5.74) is 2.45. The van der Waals surface area contributed by atoms with Gasteiger partial charge in [-0.05, 0) is 58.7 Å². The van der Waals surface area contributed by atoms with E-state index < -0.39 is 12.1 Å². The number of hydrogen-bond acceptors (Lipinski definition) is 6. The van der Waals surface area contributed by atoms with Gasteiger partial charge in [0.1, 0.15) is 23.6 Å². The zero-order valence-electron chi connectivity index (χ0n) is 16.8. The van der Waals surface area contributed by atoms with Gasteiger partial charge in [0.25, 0.3) is 11.8 Å². The lowest BCUT2D eigenvalue weighted by Crippen LogP contribution is -2.60. The van der Waals surface area contributed by atoms with Gasteiger partial charge in [-0.15, -0.1) is 0 Å². The average molecular weight is 432 g/mol. The molecule has 2 amide bonds. The minimum atomic E-state index is -0.958. The van der Waals surface area contributed by atoms with E-state index in [9.17, 15) is 30.0 Å².